The average molecular weight is 295 g/mol. The van der Waals surface area contributed by atoms with Gasteiger partial charge in [0.2, 0.25) is 5.91 Å². The molecule has 0 atom stereocenters. The van der Waals surface area contributed by atoms with Gasteiger partial charge < -0.3 is 15.8 Å². The molecule has 114 valence electrons. The highest BCUT2D eigenvalue weighted by molar-refractivity contribution is 5.85. The number of halogens is 1. The van der Waals surface area contributed by atoms with Crippen LogP contribution in [0.15, 0.2) is 0 Å². The highest BCUT2D eigenvalue weighted by Crippen LogP contribution is 2.01. The lowest BCUT2D eigenvalue weighted by Gasteiger charge is -2.05. The number of rotatable bonds is 11. The molecule has 0 aromatic rings. The third-order valence-corrected chi connectivity index (χ3v) is 2.72. The summed E-state index contributed by atoms with van der Waals surface area (Å²) in [5.74, 6) is -0.0565. The predicted molar refractivity (Wildman–Crippen MR) is 78.3 cm³/mol. The molecular weight excluding hydrogens is 268 g/mol. The fraction of sp³-hybridized carbons (Fsp3) is 0.846. The molecular formula is C13H27ClN2O3. The third kappa shape index (κ3) is 15.1. The number of unbranched alkanes of at least 4 members (excludes halogenated alkanes) is 4. The van der Waals surface area contributed by atoms with Gasteiger partial charge in [-0.2, -0.15) is 0 Å². The van der Waals surface area contributed by atoms with E-state index in [1.165, 1.54) is 7.11 Å². The molecule has 0 aromatic carbocycles. The van der Waals surface area contributed by atoms with Crippen LogP contribution in [-0.2, 0) is 14.3 Å². The van der Waals surface area contributed by atoms with Gasteiger partial charge in [-0.1, -0.05) is 12.8 Å². The number of carbonyl (C=O) groups is 2. The second-order valence-electron chi connectivity index (χ2n) is 4.34. The Morgan fingerprint density at radius 1 is 1.00 bits per heavy atom. The lowest BCUT2D eigenvalue weighted by molar-refractivity contribution is -0.140. The molecule has 0 radical (unpaired) electrons. The van der Waals surface area contributed by atoms with E-state index in [2.05, 4.69) is 10.1 Å². The number of nitrogens with one attached hydrogen (secondary N) is 1. The predicted octanol–water partition coefficient (Wildman–Crippen LogP) is 1.78. The normalized spacial score (nSPS) is 9.58. The third-order valence-electron chi connectivity index (χ3n) is 2.72. The number of hydrogen-bond acceptors (Lipinski definition) is 4. The molecule has 0 fully saturated rings. The first-order valence-corrected chi connectivity index (χ1v) is 6.74. The van der Waals surface area contributed by atoms with Gasteiger partial charge in [-0.3, -0.25) is 9.59 Å². The summed E-state index contributed by atoms with van der Waals surface area (Å²) < 4.78 is 4.54. The number of hydrogen-bond donors (Lipinski definition) is 2. The molecule has 0 spiro atoms. The van der Waals surface area contributed by atoms with Crippen molar-refractivity contribution in [2.24, 2.45) is 5.73 Å². The van der Waals surface area contributed by atoms with E-state index in [-0.39, 0.29) is 24.3 Å². The zero-order valence-corrected chi connectivity index (χ0v) is 12.6. The van der Waals surface area contributed by atoms with Crippen LogP contribution < -0.4 is 11.1 Å². The zero-order valence-electron chi connectivity index (χ0n) is 11.8. The summed E-state index contributed by atoms with van der Waals surface area (Å²) in [6.07, 6.45) is 6.62. The van der Waals surface area contributed by atoms with E-state index in [0.717, 1.165) is 38.5 Å². The van der Waals surface area contributed by atoms with Crippen LogP contribution in [0.4, 0.5) is 0 Å². The van der Waals surface area contributed by atoms with E-state index < -0.39 is 0 Å². The van der Waals surface area contributed by atoms with Gasteiger partial charge >= 0.3 is 5.97 Å². The summed E-state index contributed by atoms with van der Waals surface area (Å²) >= 11 is 0. The molecule has 5 nitrogen and oxygen atoms in total. The number of amides is 1. The van der Waals surface area contributed by atoms with Crippen molar-refractivity contribution < 1.29 is 14.3 Å². The second kappa shape index (κ2) is 15.2. The number of carbonyl (C=O) groups excluding carboxylic acids is 2. The maximum absolute atomic E-state index is 11.4. The first kappa shape index (κ1) is 20.5. The Labute approximate surface area is 122 Å². The summed E-state index contributed by atoms with van der Waals surface area (Å²) in [4.78, 5) is 22.2. The largest absolute Gasteiger partial charge is 0.469 e. The molecule has 0 aliphatic rings. The van der Waals surface area contributed by atoms with Crippen LogP contribution in [0.5, 0.6) is 0 Å². The molecule has 1 amide bonds. The van der Waals surface area contributed by atoms with Gasteiger partial charge in [0.15, 0.2) is 0 Å². The summed E-state index contributed by atoms with van der Waals surface area (Å²) in [5, 5.41) is 2.88. The average Bonchev–Trinajstić information content (AvgIpc) is 2.38. The van der Waals surface area contributed by atoms with Crippen LogP contribution in [0.2, 0.25) is 0 Å². The molecule has 0 aromatic heterocycles. The topological polar surface area (TPSA) is 81.4 Å². The molecule has 0 aliphatic heterocycles. The van der Waals surface area contributed by atoms with Gasteiger partial charge in [0.25, 0.3) is 0 Å². The summed E-state index contributed by atoms with van der Waals surface area (Å²) in [7, 11) is 1.40. The van der Waals surface area contributed by atoms with Crippen LogP contribution >= 0.6 is 12.4 Å². The van der Waals surface area contributed by atoms with Gasteiger partial charge in [-0.25, -0.2) is 0 Å². The molecule has 0 bridgehead atoms. The van der Waals surface area contributed by atoms with Gasteiger partial charge in [-0.15, -0.1) is 12.4 Å². The van der Waals surface area contributed by atoms with E-state index >= 15 is 0 Å². The van der Waals surface area contributed by atoms with E-state index in [1.54, 1.807) is 0 Å². The van der Waals surface area contributed by atoms with Crippen molar-refractivity contribution in [2.75, 3.05) is 20.2 Å². The smallest absolute Gasteiger partial charge is 0.305 e. The van der Waals surface area contributed by atoms with Crippen LogP contribution in [0.1, 0.15) is 51.4 Å². The van der Waals surface area contributed by atoms with Crippen LogP contribution in [0.25, 0.3) is 0 Å². The quantitative estimate of drug-likeness (QED) is 0.449. The van der Waals surface area contributed by atoms with Crippen molar-refractivity contribution in [3.05, 3.63) is 0 Å². The van der Waals surface area contributed by atoms with E-state index in [9.17, 15) is 9.59 Å². The minimum atomic E-state index is -0.168. The number of methoxy groups -OCH3 is 1. The van der Waals surface area contributed by atoms with Crippen molar-refractivity contribution in [3.63, 3.8) is 0 Å². The lowest BCUT2D eigenvalue weighted by atomic mass is 10.1. The minimum Gasteiger partial charge on any atom is -0.469 e. The molecule has 0 aliphatic carbocycles. The van der Waals surface area contributed by atoms with Gasteiger partial charge in [0, 0.05) is 19.4 Å². The molecule has 0 unspecified atom stereocenters. The van der Waals surface area contributed by atoms with Crippen LogP contribution in [-0.4, -0.2) is 32.1 Å². The lowest BCUT2D eigenvalue weighted by Crippen LogP contribution is -2.24. The van der Waals surface area contributed by atoms with Crippen molar-refractivity contribution in [2.45, 2.75) is 51.4 Å². The number of ether oxygens (including phenoxy) is 1. The minimum absolute atomic E-state index is 0. The Morgan fingerprint density at radius 2 is 1.63 bits per heavy atom. The van der Waals surface area contributed by atoms with E-state index in [0.29, 0.717) is 25.9 Å². The Bertz CT molecular complexity index is 238. The molecule has 6 heteroatoms. The van der Waals surface area contributed by atoms with E-state index in [1.807, 2.05) is 0 Å². The van der Waals surface area contributed by atoms with Crippen molar-refractivity contribution in [1.82, 2.24) is 5.32 Å². The van der Waals surface area contributed by atoms with Gasteiger partial charge in [0.05, 0.1) is 7.11 Å². The molecule has 0 heterocycles. The van der Waals surface area contributed by atoms with E-state index in [4.69, 9.17) is 5.73 Å². The Hall–Kier alpha value is -0.810. The summed E-state index contributed by atoms with van der Waals surface area (Å²) in [6, 6.07) is 0. The zero-order chi connectivity index (χ0) is 13.6. The molecule has 0 saturated heterocycles. The number of esters is 1. The van der Waals surface area contributed by atoms with Crippen molar-refractivity contribution in [3.8, 4) is 0 Å². The highest BCUT2D eigenvalue weighted by atomic mass is 35.5. The fourth-order valence-electron chi connectivity index (χ4n) is 1.60. The maximum Gasteiger partial charge on any atom is 0.305 e. The SMILES string of the molecule is COC(=O)CCCCCNC(=O)CCCCCN.Cl. The summed E-state index contributed by atoms with van der Waals surface area (Å²) in [6.45, 7) is 1.39. The van der Waals surface area contributed by atoms with Crippen LogP contribution in [0.3, 0.4) is 0 Å². The van der Waals surface area contributed by atoms with Crippen molar-refractivity contribution in [1.29, 1.82) is 0 Å². The first-order chi connectivity index (χ1) is 8.70. The first-order valence-electron chi connectivity index (χ1n) is 6.74. The Morgan fingerprint density at radius 3 is 2.26 bits per heavy atom. The maximum atomic E-state index is 11.4. The number of nitrogens with two attached hydrogens (primary N) is 1. The monoisotopic (exact) mass is 294 g/mol. The molecule has 3 N–H and O–H groups in total. The van der Waals surface area contributed by atoms with Gasteiger partial charge in [0.1, 0.15) is 0 Å². The molecule has 0 saturated carbocycles. The Balaban J connectivity index is 0. The molecule has 0 rings (SSSR count). The standard InChI is InChI=1S/C13H26N2O3.ClH/c1-18-13(17)9-5-3-7-11-15-12(16)8-4-2-6-10-14;/h2-11,14H2,1H3,(H,15,16);1H. The molecule has 19 heavy (non-hydrogen) atoms. The van der Waals surface area contributed by atoms with Gasteiger partial charge in [-0.05, 0) is 32.2 Å². The Kier molecular flexibility index (Phi) is 16.5. The van der Waals surface area contributed by atoms with Crippen molar-refractivity contribution >= 4 is 24.3 Å². The highest BCUT2D eigenvalue weighted by Gasteiger charge is 2.01. The van der Waals surface area contributed by atoms with Crippen LogP contribution in [0, 0.1) is 0 Å². The fourth-order valence-corrected chi connectivity index (χ4v) is 1.60. The second-order valence-corrected chi connectivity index (χ2v) is 4.34. The summed E-state index contributed by atoms with van der Waals surface area (Å²) in [5.41, 5.74) is 5.37.